The molecular weight excluding hydrogens is 266 g/mol. The van der Waals surface area contributed by atoms with Crippen LogP contribution in [0.15, 0.2) is 12.1 Å². The van der Waals surface area contributed by atoms with E-state index in [-0.39, 0.29) is 6.07 Å². The summed E-state index contributed by atoms with van der Waals surface area (Å²) >= 11 is 0. The summed E-state index contributed by atoms with van der Waals surface area (Å²) in [6.45, 7) is 0.761. The second-order valence-corrected chi connectivity index (χ2v) is 3.44. The zero-order chi connectivity index (χ0) is 14.3. The largest absolute Gasteiger partial charge is 0.507 e. The van der Waals surface area contributed by atoms with Gasteiger partial charge in [-0.25, -0.2) is 0 Å². The van der Waals surface area contributed by atoms with Crippen LogP contribution in [-0.2, 0) is 12.4 Å². The Kier molecular flexibility index (Phi) is 3.33. The van der Waals surface area contributed by atoms with Crippen molar-refractivity contribution in [2.75, 3.05) is 0 Å². The molecule has 0 aliphatic heterocycles. The highest BCUT2D eigenvalue weighted by Gasteiger charge is 2.43. The van der Waals surface area contributed by atoms with Crippen LogP contribution in [0.1, 0.15) is 28.4 Å². The smallest absolute Gasteiger partial charge is 0.420 e. The normalized spacial score (nSPS) is 12.6. The molecule has 8 heteroatoms. The van der Waals surface area contributed by atoms with E-state index in [1.54, 1.807) is 0 Å². The second-order valence-electron chi connectivity index (χ2n) is 3.44. The van der Waals surface area contributed by atoms with Gasteiger partial charge < -0.3 is 5.11 Å². The van der Waals surface area contributed by atoms with Crippen LogP contribution in [0.4, 0.5) is 26.3 Å². The van der Waals surface area contributed by atoms with Gasteiger partial charge in [0.1, 0.15) is 11.3 Å². The predicted octanol–water partition coefficient (Wildman–Crippen LogP) is 3.63. The van der Waals surface area contributed by atoms with Gasteiger partial charge in [-0.05, 0) is 19.1 Å². The van der Waals surface area contributed by atoms with E-state index < -0.39 is 40.6 Å². The summed E-state index contributed by atoms with van der Waals surface area (Å²) in [4.78, 5) is 10.9. The quantitative estimate of drug-likeness (QED) is 0.626. The molecule has 1 N–H and O–H groups in total. The molecule has 1 rings (SSSR count). The van der Waals surface area contributed by atoms with Gasteiger partial charge in [0, 0.05) is 5.56 Å². The molecule has 0 bridgehead atoms. The minimum Gasteiger partial charge on any atom is -0.507 e. The standard InChI is InChI=1S/C10H6F6O2/c1-4(17)5-2-3-6(9(11,12)13)8(18)7(5)10(14,15)16/h2-3,18H,1H3. The molecule has 0 aromatic heterocycles. The Morgan fingerprint density at radius 1 is 1.06 bits per heavy atom. The van der Waals surface area contributed by atoms with E-state index >= 15 is 0 Å². The van der Waals surface area contributed by atoms with Crippen molar-refractivity contribution >= 4 is 5.78 Å². The Labute approximate surface area is 96.8 Å². The average Bonchev–Trinajstić information content (AvgIpc) is 2.12. The number of benzene rings is 1. The first-order chi connectivity index (χ1) is 7.96. The van der Waals surface area contributed by atoms with Crippen molar-refractivity contribution in [1.29, 1.82) is 0 Å². The van der Waals surface area contributed by atoms with E-state index in [0.29, 0.717) is 6.07 Å². The Hall–Kier alpha value is -1.73. The summed E-state index contributed by atoms with van der Waals surface area (Å²) in [5.74, 6) is -3.07. The first-order valence-corrected chi connectivity index (χ1v) is 4.47. The lowest BCUT2D eigenvalue weighted by Crippen LogP contribution is -2.16. The highest BCUT2D eigenvalue weighted by atomic mass is 19.4. The number of phenols is 1. The van der Waals surface area contributed by atoms with Gasteiger partial charge in [-0.2, -0.15) is 26.3 Å². The van der Waals surface area contributed by atoms with Crippen molar-refractivity contribution in [3.05, 3.63) is 28.8 Å². The van der Waals surface area contributed by atoms with Gasteiger partial charge in [-0.3, -0.25) is 4.79 Å². The molecule has 0 aliphatic carbocycles. The molecule has 0 saturated carbocycles. The number of carbonyl (C=O) groups excluding carboxylic acids is 1. The lowest BCUT2D eigenvalue weighted by atomic mass is 9.99. The summed E-state index contributed by atoms with van der Waals surface area (Å²) in [6, 6.07) is 0.634. The monoisotopic (exact) mass is 272 g/mol. The van der Waals surface area contributed by atoms with E-state index in [1.807, 2.05) is 0 Å². The Balaban J connectivity index is 3.67. The number of hydrogen-bond donors (Lipinski definition) is 1. The third-order valence-corrected chi connectivity index (χ3v) is 2.15. The van der Waals surface area contributed by atoms with Crippen LogP contribution in [-0.4, -0.2) is 10.9 Å². The highest BCUT2D eigenvalue weighted by molar-refractivity contribution is 5.96. The molecular formula is C10H6F6O2. The SMILES string of the molecule is CC(=O)c1ccc(C(F)(F)F)c(O)c1C(F)(F)F. The lowest BCUT2D eigenvalue weighted by molar-refractivity contribution is -0.145. The number of alkyl halides is 6. The maximum atomic E-state index is 12.6. The van der Waals surface area contributed by atoms with Crippen molar-refractivity contribution < 1.29 is 36.2 Å². The summed E-state index contributed by atoms with van der Waals surface area (Å²) in [5.41, 5.74) is -4.81. The fraction of sp³-hybridized carbons (Fsp3) is 0.300. The molecule has 18 heavy (non-hydrogen) atoms. The van der Waals surface area contributed by atoms with Gasteiger partial charge >= 0.3 is 12.4 Å². The van der Waals surface area contributed by atoms with E-state index in [0.717, 1.165) is 6.92 Å². The summed E-state index contributed by atoms with van der Waals surface area (Å²) < 4.78 is 74.7. The van der Waals surface area contributed by atoms with Crippen LogP contribution in [0.2, 0.25) is 0 Å². The zero-order valence-corrected chi connectivity index (χ0v) is 8.78. The number of ketones is 1. The number of carbonyl (C=O) groups is 1. The van der Waals surface area contributed by atoms with Crippen molar-refractivity contribution in [1.82, 2.24) is 0 Å². The van der Waals surface area contributed by atoms with Gasteiger partial charge in [0.25, 0.3) is 0 Å². The summed E-state index contributed by atoms with van der Waals surface area (Å²) in [5, 5.41) is 9.10. The molecule has 2 nitrogen and oxygen atoms in total. The number of halogens is 6. The molecule has 0 radical (unpaired) electrons. The third kappa shape index (κ3) is 2.57. The van der Waals surface area contributed by atoms with Crippen molar-refractivity contribution in [2.24, 2.45) is 0 Å². The number of hydrogen-bond acceptors (Lipinski definition) is 2. The fourth-order valence-electron chi connectivity index (χ4n) is 1.40. The second kappa shape index (κ2) is 4.18. The Morgan fingerprint density at radius 3 is 1.89 bits per heavy atom. The summed E-state index contributed by atoms with van der Waals surface area (Å²) in [7, 11) is 0. The van der Waals surface area contributed by atoms with Crippen LogP contribution < -0.4 is 0 Å². The molecule has 0 heterocycles. The first-order valence-electron chi connectivity index (χ1n) is 4.47. The average molecular weight is 272 g/mol. The zero-order valence-electron chi connectivity index (χ0n) is 8.78. The lowest BCUT2D eigenvalue weighted by Gasteiger charge is -2.17. The molecule has 1 aromatic carbocycles. The molecule has 0 saturated heterocycles. The van der Waals surface area contributed by atoms with Gasteiger partial charge in [0.15, 0.2) is 5.78 Å². The van der Waals surface area contributed by atoms with E-state index in [1.165, 1.54) is 0 Å². The van der Waals surface area contributed by atoms with Crippen molar-refractivity contribution in [3.8, 4) is 5.75 Å². The molecule has 0 unspecified atom stereocenters. The number of aromatic hydroxyl groups is 1. The van der Waals surface area contributed by atoms with Gasteiger partial charge in [0.05, 0.1) is 5.56 Å². The Bertz CT molecular complexity index is 486. The van der Waals surface area contributed by atoms with Crippen molar-refractivity contribution in [2.45, 2.75) is 19.3 Å². The number of Topliss-reactive ketones (excluding diaryl/α,β-unsaturated/α-hetero) is 1. The van der Waals surface area contributed by atoms with Crippen LogP contribution in [0.3, 0.4) is 0 Å². The van der Waals surface area contributed by atoms with E-state index in [2.05, 4.69) is 0 Å². The molecule has 0 amide bonds. The minimum absolute atomic E-state index is 0.237. The topological polar surface area (TPSA) is 37.3 Å². The minimum atomic E-state index is -5.26. The van der Waals surface area contributed by atoms with E-state index in [9.17, 15) is 31.1 Å². The number of rotatable bonds is 1. The third-order valence-electron chi connectivity index (χ3n) is 2.15. The predicted molar refractivity (Wildman–Crippen MR) is 48.1 cm³/mol. The number of phenolic OH excluding ortho intramolecular Hbond substituents is 1. The van der Waals surface area contributed by atoms with Gasteiger partial charge in [0.2, 0.25) is 0 Å². The molecule has 0 spiro atoms. The summed E-state index contributed by atoms with van der Waals surface area (Å²) in [6.07, 6.45) is -10.4. The van der Waals surface area contributed by atoms with Crippen LogP contribution in [0.5, 0.6) is 5.75 Å². The fourth-order valence-corrected chi connectivity index (χ4v) is 1.40. The Morgan fingerprint density at radius 2 is 1.56 bits per heavy atom. The molecule has 100 valence electrons. The molecule has 0 fully saturated rings. The van der Waals surface area contributed by atoms with Crippen molar-refractivity contribution in [3.63, 3.8) is 0 Å². The van der Waals surface area contributed by atoms with E-state index in [4.69, 9.17) is 5.11 Å². The molecule has 1 aromatic rings. The van der Waals surface area contributed by atoms with Crippen LogP contribution in [0, 0.1) is 0 Å². The van der Waals surface area contributed by atoms with Crippen LogP contribution in [0.25, 0.3) is 0 Å². The highest BCUT2D eigenvalue weighted by Crippen LogP contribution is 2.45. The molecule has 0 atom stereocenters. The molecule has 0 aliphatic rings. The maximum Gasteiger partial charge on any atom is 0.420 e. The van der Waals surface area contributed by atoms with Gasteiger partial charge in [-0.15, -0.1) is 0 Å². The van der Waals surface area contributed by atoms with Crippen LogP contribution >= 0.6 is 0 Å². The van der Waals surface area contributed by atoms with Gasteiger partial charge in [-0.1, -0.05) is 0 Å². The maximum absolute atomic E-state index is 12.6. The first kappa shape index (κ1) is 14.3.